The topological polar surface area (TPSA) is 52.8 Å². The van der Waals surface area contributed by atoms with Gasteiger partial charge in [-0.15, -0.1) is 12.1 Å². The third-order valence-electron chi connectivity index (χ3n) is 6.12. The van der Waals surface area contributed by atoms with Crippen LogP contribution in [0, 0.1) is 26.0 Å². The van der Waals surface area contributed by atoms with Crippen LogP contribution >= 0.6 is 0 Å². The molecule has 0 fully saturated rings. The molecule has 3 aromatic heterocycles. The van der Waals surface area contributed by atoms with E-state index >= 15 is 0 Å². The fourth-order valence-electron chi connectivity index (χ4n) is 4.34. The molecule has 0 aliphatic heterocycles. The van der Waals surface area contributed by atoms with Gasteiger partial charge in [0.25, 0.3) is 0 Å². The number of hydrogen-bond donors (Lipinski definition) is 0. The molecule has 0 N–H and O–H groups in total. The smallest absolute Gasteiger partial charge is 0.460 e. The van der Waals surface area contributed by atoms with Gasteiger partial charge in [-0.3, -0.25) is 4.57 Å². The van der Waals surface area contributed by atoms with Crippen LogP contribution in [0.1, 0.15) is 16.7 Å². The molecule has 0 saturated heterocycles. The van der Waals surface area contributed by atoms with Crippen molar-refractivity contribution in [2.45, 2.75) is 20.0 Å². The minimum atomic E-state index is -4.59. The van der Waals surface area contributed by atoms with Gasteiger partial charge >= 0.3 is 27.2 Å². The number of nitrogens with zero attached hydrogens (tertiary/aromatic N) is 4. The first-order valence-corrected chi connectivity index (χ1v) is 11.8. The molecule has 0 radical (unpaired) electrons. The predicted molar refractivity (Wildman–Crippen MR) is 138 cm³/mol. The van der Waals surface area contributed by atoms with Gasteiger partial charge in [-0.25, -0.2) is 26.1 Å². The van der Waals surface area contributed by atoms with Crippen LogP contribution in [0.5, 0.6) is 11.6 Å². The molecule has 3 heterocycles. The van der Waals surface area contributed by atoms with Gasteiger partial charge in [0.1, 0.15) is 0 Å². The maximum Gasteiger partial charge on any atom is 2.00 e. The third kappa shape index (κ3) is 5.17. The Morgan fingerprint density at radius 3 is 2.31 bits per heavy atom. The van der Waals surface area contributed by atoms with E-state index < -0.39 is 11.7 Å². The molecule has 0 amide bonds. The van der Waals surface area contributed by atoms with Gasteiger partial charge < -0.3 is 4.74 Å². The second-order valence-electron chi connectivity index (χ2n) is 8.97. The number of pyridine rings is 1. The second-order valence-corrected chi connectivity index (χ2v) is 8.97. The molecular weight excluding hydrogens is 684 g/mol. The van der Waals surface area contributed by atoms with Crippen molar-refractivity contribution in [2.24, 2.45) is 0 Å². The van der Waals surface area contributed by atoms with Crippen LogP contribution in [0.25, 0.3) is 38.9 Å². The van der Waals surface area contributed by atoms with Crippen LogP contribution in [-0.4, -0.2) is 19.5 Å². The number of para-hydroxylation sites is 1. The Morgan fingerprint density at radius 1 is 0.795 bits per heavy atom. The van der Waals surface area contributed by atoms with Crippen molar-refractivity contribution in [3.8, 4) is 28.7 Å². The summed E-state index contributed by atoms with van der Waals surface area (Å²) in [7, 11) is 0. The molecular formula is C30H19F3N4OPt. The van der Waals surface area contributed by atoms with E-state index in [2.05, 4.69) is 27.1 Å². The van der Waals surface area contributed by atoms with Crippen molar-refractivity contribution < 1.29 is 39.0 Å². The minimum Gasteiger partial charge on any atom is -0.460 e. The zero-order valence-electron chi connectivity index (χ0n) is 20.7. The molecule has 196 valence electrons. The average Bonchev–Trinajstić information content (AvgIpc) is 3.22. The standard InChI is InChI=1S/C30H19F3N4O.Pt/c1-18-9-10-34-28(11-18)38-23-13-21(12-22(15-23)30(31,32)33)20-7-8-25-24-5-3-4-6-26(24)37(27(25)14-20)29-35-16-19(2)17-36-29;/h3-12,15-17H,1-2H3;/q-2;+2. The molecule has 0 saturated carbocycles. The van der Waals surface area contributed by atoms with E-state index in [9.17, 15) is 13.2 Å². The van der Waals surface area contributed by atoms with E-state index in [1.54, 1.807) is 30.6 Å². The van der Waals surface area contributed by atoms with Gasteiger partial charge in [0.05, 0.1) is 0 Å². The molecule has 0 spiro atoms. The van der Waals surface area contributed by atoms with Crippen molar-refractivity contribution >= 4 is 21.8 Å². The average molecular weight is 704 g/mol. The predicted octanol–water partition coefficient (Wildman–Crippen LogP) is 7.66. The summed E-state index contributed by atoms with van der Waals surface area (Å²) in [6.45, 7) is 3.74. The van der Waals surface area contributed by atoms with Gasteiger partial charge in [-0.2, -0.15) is 31.4 Å². The van der Waals surface area contributed by atoms with E-state index in [0.29, 0.717) is 17.0 Å². The van der Waals surface area contributed by atoms with E-state index in [1.165, 1.54) is 6.20 Å². The zero-order chi connectivity index (χ0) is 26.4. The molecule has 9 heteroatoms. The fourth-order valence-corrected chi connectivity index (χ4v) is 4.34. The Morgan fingerprint density at radius 2 is 1.56 bits per heavy atom. The number of benzene rings is 3. The molecule has 6 aromatic rings. The summed E-state index contributed by atoms with van der Waals surface area (Å²) >= 11 is 0. The van der Waals surface area contributed by atoms with Gasteiger partial charge in [-0.1, -0.05) is 29.7 Å². The number of ether oxygens (including phenoxy) is 1. The zero-order valence-corrected chi connectivity index (χ0v) is 22.9. The fraction of sp³-hybridized carbons (Fsp3) is 0.100. The Labute approximate surface area is 236 Å². The molecule has 0 atom stereocenters. The van der Waals surface area contributed by atoms with Crippen molar-refractivity contribution in [3.05, 3.63) is 108 Å². The van der Waals surface area contributed by atoms with E-state index in [1.807, 2.05) is 48.7 Å². The van der Waals surface area contributed by atoms with Crippen molar-refractivity contribution in [2.75, 3.05) is 0 Å². The molecule has 3 aromatic carbocycles. The quantitative estimate of drug-likeness (QED) is 0.177. The molecule has 6 rings (SSSR count). The summed E-state index contributed by atoms with van der Waals surface area (Å²) in [6.07, 6.45) is 0.385. The summed E-state index contributed by atoms with van der Waals surface area (Å²) in [6, 6.07) is 23.0. The van der Waals surface area contributed by atoms with Crippen molar-refractivity contribution in [1.82, 2.24) is 19.5 Å². The van der Waals surface area contributed by atoms with E-state index in [0.717, 1.165) is 39.5 Å². The number of alkyl halides is 3. The first-order valence-electron chi connectivity index (χ1n) is 11.8. The summed E-state index contributed by atoms with van der Waals surface area (Å²) in [4.78, 5) is 13.1. The van der Waals surface area contributed by atoms with Crippen molar-refractivity contribution in [3.63, 3.8) is 0 Å². The summed E-state index contributed by atoms with van der Waals surface area (Å²) in [5, 5.41) is 1.83. The molecule has 0 aliphatic rings. The molecule has 0 unspecified atom stereocenters. The van der Waals surface area contributed by atoms with Crippen LogP contribution < -0.4 is 4.74 Å². The van der Waals surface area contributed by atoms with Gasteiger partial charge in [0.15, 0.2) is 0 Å². The van der Waals surface area contributed by atoms with Crippen molar-refractivity contribution in [1.29, 1.82) is 0 Å². The van der Waals surface area contributed by atoms with Gasteiger partial charge in [0, 0.05) is 35.9 Å². The molecule has 0 bridgehead atoms. The van der Waals surface area contributed by atoms with Gasteiger partial charge in [0.2, 0.25) is 11.8 Å². The molecule has 39 heavy (non-hydrogen) atoms. The Kier molecular flexibility index (Phi) is 6.99. The number of aromatic nitrogens is 4. The van der Waals surface area contributed by atoms with E-state index in [-0.39, 0.29) is 38.3 Å². The maximum absolute atomic E-state index is 13.9. The van der Waals surface area contributed by atoms with Crippen LogP contribution in [0.4, 0.5) is 13.2 Å². The van der Waals surface area contributed by atoms with Crippen LogP contribution in [-0.2, 0) is 27.2 Å². The third-order valence-corrected chi connectivity index (χ3v) is 6.12. The van der Waals surface area contributed by atoms with Crippen LogP contribution in [0.3, 0.4) is 0 Å². The second kappa shape index (κ2) is 10.3. The minimum absolute atomic E-state index is 0. The first kappa shape index (κ1) is 26.6. The van der Waals surface area contributed by atoms with Gasteiger partial charge in [-0.05, 0) is 53.6 Å². The molecule has 0 aliphatic carbocycles. The normalized spacial score (nSPS) is 11.5. The number of hydrogen-bond acceptors (Lipinski definition) is 4. The number of halogens is 3. The van der Waals surface area contributed by atoms with E-state index in [4.69, 9.17) is 4.74 Å². The first-order chi connectivity index (χ1) is 18.3. The SMILES string of the molecule is Cc1cnc(-n2c3[c-]c(-c4[c-]c(Oc5cc(C)ccn5)cc(C(F)(F)F)c4)ccc3c3ccccc32)nc1.[Pt+2]. The summed E-state index contributed by atoms with van der Waals surface area (Å²) in [5.41, 5.74) is 3.03. The molecule has 5 nitrogen and oxygen atoms in total. The number of rotatable bonds is 4. The Hall–Kier alpha value is -4.03. The Bertz CT molecular complexity index is 1810. The largest absolute Gasteiger partial charge is 2.00 e. The monoisotopic (exact) mass is 703 g/mol. The maximum atomic E-state index is 13.9. The van der Waals surface area contributed by atoms with Crippen LogP contribution in [0.2, 0.25) is 0 Å². The summed E-state index contributed by atoms with van der Waals surface area (Å²) in [5.74, 6) is 0.532. The number of aryl methyl sites for hydroxylation is 2. The number of fused-ring (bicyclic) bond motifs is 3. The van der Waals surface area contributed by atoms with Crippen LogP contribution in [0.15, 0.2) is 79.3 Å². The Balaban J connectivity index is 0.00000308. The summed E-state index contributed by atoms with van der Waals surface area (Å²) < 4.78 is 49.1.